The van der Waals surface area contributed by atoms with E-state index in [-0.39, 0.29) is 16.5 Å². The lowest BCUT2D eigenvalue weighted by Crippen LogP contribution is -1.93. The molecule has 0 bridgehead atoms. The van der Waals surface area contributed by atoms with Crippen molar-refractivity contribution in [2.45, 2.75) is 0 Å². The first kappa shape index (κ1) is 13.2. The van der Waals surface area contributed by atoms with Crippen molar-refractivity contribution in [3.05, 3.63) is 33.3 Å². The van der Waals surface area contributed by atoms with Crippen molar-refractivity contribution in [2.24, 2.45) is 0 Å². The minimum Gasteiger partial charge on any atom is -0.402 e. The molecule has 0 saturated heterocycles. The molecular weight excluding hydrogens is 284 g/mol. The standard InChI is InChI=1S/C6H4Cl2NO6P/c7-5-3-4(9(10)11)1-2-6(5)14-16(12,13)15-8/h1-3H,(H,12,13). The number of hydrogen-bond donors (Lipinski definition) is 1. The summed E-state index contributed by atoms with van der Waals surface area (Å²) in [5, 5.41) is 10.2. The number of rotatable bonds is 4. The number of nitro groups is 1. The van der Waals surface area contributed by atoms with Gasteiger partial charge in [-0.2, -0.15) is 4.08 Å². The third kappa shape index (κ3) is 3.33. The van der Waals surface area contributed by atoms with Crippen molar-refractivity contribution in [1.29, 1.82) is 0 Å². The number of phosphoric acid groups is 1. The van der Waals surface area contributed by atoms with E-state index in [0.717, 1.165) is 18.2 Å². The number of hydrogen-bond acceptors (Lipinski definition) is 5. The molecule has 0 heterocycles. The van der Waals surface area contributed by atoms with Gasteiger partial charge < -0.3 is 4.52 Å². The van der Waals surface area contributed by atoms with E-state index in [2.05, 4.69) is 20.5 Å². The van der Waals surface area contributed by atoms with Crippen LogP contribution in [-0.4, -0.2) is 9.82 Å². The van der Waals surface area contributed by atoms with Crippen LogP contribution in [0.5, 0.6) is 5.75 Å². The summed E-state index contributed by atoms with van der Waals surface area (Å²) in [4.78, 5) is 18.6. The summed E-state index contributed by atoms with van der Waals surface area (Å²) in [5.41, 5.74) is -0.281. The molecule has 0 fully saturated rings. The summed E-state index contributed by atoms with van der Waals surface area (Å²) in [5.74, 6) is -0.251. The Hall–Kier alpha value is -0.850. The number of nitro benzene ring substituents is 1. The van der Waals surface area contributed by atoms with Crippen LogP contribution in [0, 0.1) is 10.1 Å². The van der Waals surface area contributed by atoms with Crippen molar-refractivity contribution in [3.8, 4) is 5.75 Å². The van der Waals surface area contributed by atoms with Crippen LogP contribution in [0.1, 0.15) is 0 Å². The molecule has 0 aliphatic rings. The number of benzene rings is 1. The molecule has 0 aromatic heterocycles. The van der Waals surface area contributed by atoms with E-state index in [9.17, 15) is 14.7 Å². The van der Waals surface area contributed by atoms with Gasteiger partial charge in [0.1, 0.15) is 0 Å². The quantitative estimate of drug-likeness (QED) is 0.519. The summed E-state index contributed by atoms with van der Waals surface area (Å²) in [6, 6.07) is 3.07. The highest BCUT2D eigenvalue weighted by molar-refractivity contribution is 7.48. The molecule has 1 atom stereocenters. The van der Waals surface area contributed by atoms with Crippen LogP contribution in [0.4, 0.5) is 5.69 Å². The second-order valence-electron chi connectivity index (χ2n) is 2.50. The van der Waals surface area contributed by atoms with Crippen molar-refractivity contribution in [3.63, 3.8) is 0 Å². The van der Waals surface area contributed by atoms with E-state index in [1.807, 2.05) is 0 Å². The molecule has 0 saturated carbocycles. The highest BCUT2D eigenvalue weighted by Gasteiger charge is 2.24. The molecule has 0 aliphatic carbocycles. The van der Waals surface area contributed by atoms with E-state index in [1.165, 1.54) is 0 Å². The Morgan fingerprint density at radius 2 is 2.12 bits per heavy atom. The van der Waals surface area contributed by atoms with Gasteiger partial charge in [-0.3, -0.25) is 15.0 Å². The highest BCUT2D eigenvalue weighted by atomic mass is 35.5. The van der Waals surface area contributed by atoms with Crippen LogP contribution in [0.15, 0.2) is 18.2 Å². The zero-order valence-electron chi connectivity index (χ0n) is 7.37. The molecule has 0 amide bonds. The van der Waals surface area contributed by atoms with Gasteiger partial charge in [-0.05, 0) is 6.07 Å². The van der Waals surface area contributed by atoms with Gasteiger partial charge in [0.15, 0.2) is 5.75 Å². The van der Waals surface area contributed by atoms with Crippen molar-refractivity contribution < 1.29 is 23.0 Å². The number of phosphoric ester groups is 1. The molecule has 0 spiro atoms. The summed E-state index contributed by atoms with van der Waals surface area (Å²) >= 11 is 10.3. The van der Waals surface area contributed by atoms with E-state index in [1.54, 1.807) is 0 Å². The first-order chi connectivity index (χ1) is 7.35. The Morgan fingerprint density at radius 3 is 2.56 bits per heavy atom. The normalized spacial score (nSPS) is 14.2. The van der Waals surface area contributed by atoms with E-state index in [4.69, 9.17) is 16.5 Å². The van der Waals surface area contributed by atoms with Gasteiger partial charge in [0.25, 0.3) is 5.69 Å². The average Bonchev–Trinajstić information content (AvgIpc) is 2.20. The fraction of sp³-hybridized carbons (Fsp3) is 0. The predicted molar refractivity (Wildman–Crippen MR) is 55.5 cm³/mol. The molecule has 1 rings (SSSR count). The largest absolute Gasteiger partial charge is 0.544 e. The summed E-state index contributed by atoms with van der Waals surface area (Å²) in [6.07, 6.45) is 0. The Labute approximate surface area is 99.4 Å². The Balaban J connectivity index is 3.00. The lowest BCUT2D eigenvalue weighted by Gasteiger charge is -2.09. The molecule has 16 heavy (non-hydrogen) atoms. The van der Waals surface area contributed by atoms with Crippen LogP contribution >= 0.6 is 31.3 Å². The van der Waals surface area contributed by atoms with Gasteiger partial charge in [0.2, 0.25) is 0 Å². The Morgan fingerprint density at radius 1 is 1.50 bits per heavy atom. The van der Waals surface area contributed by atoms with Gasteiger partial charge in [-0.15, -0.1) is 0 Å². The fourth-order valence-corrected chi connectivity index (χ4v) is 1.60. The SMILES string of the molecule is O=[N+]([O-])c1ccc(OP(=O)(O)OCl)c(Cl)c1. The summed E-state index contributed by atoms with van der Waals surface area (Å²) < 4.78 is 19.0. The van der Waals surface area contributed by atoms with Crippen LogP contribution in [0.3, 0.4) is 0 Å². The Kier molecular flexibility index (Phi) is 4.12. The number of non-ortho nitro benzene ring substituents is 1. The molecule has 88 valence electrons. The van der Waals surface area contributed by atoms with E-state index < -0.39 is 12.7 Å². The first-order valence-corrected chi connectivity index (χ1v) is 5.80. The van der Waals surface area contributed by atoms with Crippen LogP contribution < -0.4 is 4.52 Å². The lowest BCUT2D eigenvalue weighted by atomic mass is 10.3. The van der Waals surface area contributed by atoms with Crippen LogP contribution in [0.2, 0.25) is 5.02 Å². The van der Waals surface area contributed by atoms with Crippen molar-refractivity contribution in [2.75, 3.05) is 0 Å². The first-order valence-electron chi connectivity index (χ1n) is 3.62. The van der Waals surface area contributed by atoms with Crippen LogP contribution in [0.25, 0.3) is 0 Å². The summed E-state index contributed by atoms with van der Waals surface area (Å²) in [6.45, 7) is 0. The molecule has 1 unspecified atom stereocenters. The molecule has 1 aromatic carbocycles. The zero-order valence-corrected chi connectivity index (χ0v) is 9.78. The fourth-order valence-electron chi connectivity index (χ4n) is 0.816. The van der Waals surface area contributed by atoms with Crippen molar-refractivity contribution in [1.82, 2.24) is 0 Å². The van der Waals surface area contributed by atoms with E-state index >= 15 is 0 Å². The minimum absolute atomic E-state index is 0.211. The van der Waals surface area contributed by atoms with Gasteiger partial charge in [0, 0.05) is 12.1 Å². The van der Waals surface area contributed by atoms with E-state index in [0.29, 0.717) is 0 Å². The van der Waals surface area contributed by atoms with Gasteiger partial charge >= 0.3 is 7.82 Å². The smallest absolute Gasteiger partial charge is 0.402 e. The maximum Gasteiger partial charge on any atom is 0.544 e. The average molecular weight is 288 g/mol. The molecule has 0 aliphatic heterocycles. The second kappa shape index (κ2) is 4.99. The van der Waals surface area contributed by atoms with Gasteiger partial charge in [0.05, 0.1) is 21.8 Å². The number of nitrogens with zero attached hydrogens (tertiary/aromatic N) is 1. The molecule has 0 radical (unpaired) electrons. The maximum atomic E-state index is 10.9. The predicted octanol–water partition coefficient (Wildman–Crippen LogP) is 2.90. The maximum absolute atomic E-state index is 10.9. The molecule has 1 N–H and O–H groups in total. The molecule has 7 nitrogen and oxygen atoms in total. The third-order valence-electron chi connectivity index (χ3n) is 1.43. The zero-order chi connectivity index (χ0) is 12.3. The van der Waals surface area contributed by atoms with Gasteiger partial charge in [-0.25, -0.2) is 4.57 Å². The summed E-state index contributed by atoms with van der Waals surface area (Å²) in [7, 11) is -4.45. The minimum atomic E-state index is -4.45. The topological polar surface area (TPSA) is 98.9 Å². The van der Waals surface area contributed by atoms with Gasteiger partial charge in [-0.1, -0.05) is 11.6 Å². The Bertz CT molecular complexity index is 466. The third-order valence-corrected chi connectivity index (χ3v) is 2.85. The molecular formula is C6H4Cl2NO6P. The van der Waals surface area contributed by atoms with Crippen LogP contribution in [-0.2, 0) is 8.64 Å². The van der Waals surface area contributed by atoms with Crippen molar-refractivity contribution >= 4 is 37.0 Å². The molecule has 10 heteroatoms. The monoisotopic (exact) mass is 287 g/mol. The molecule has 1 aromatic rings. The lowest BCUT2D eigenvalue weighted by molar-refractivity contribution is -0.384. The second-order valence-corrected chi connectivity index (χ2v) is 4.58. The highest BCUT2D eigenvalue weighted by Crippen LogP contribution is 2.47. The number of halogens is 2.